The van der Waals surface area contributed by atoms with Gasteiger partial charge in [0.2, 0.25) is 0 Å². The van der Waals surface area contributed by atoms with Gasteiger partial charge in [-0.1, -0.05) is 17.7 Å². The van der Waals surface area contributed by atoms with Gasteiger partial charge in [0.1, 0.15) is 16.4 Å². The van der Waals surface area contributed by atoms with Crippen LogP contribution in [0.1, 0.15) is 51.3 Å². The van der Waals surface area contributed by atoms with Crippen molar-refractivity contribution in [2.24, 2.45) is 0 Å². The second-order valence-corrected chi connectivity index (χ2v) is 8.03. The molecule has 6 heteroatoms. The van der Waals surface area contributed by atoms with Crippen molar-refractivity contribution in [1.82, 2.24) is 9.88 Å². The number of nitrogens with zero attached hydrogens (tertiary/aromatic N) is 2. The standard InChI is InChI=1S/C17H21ClN2O3/c1-16(2,3)23-15(21)20-10-4-6-13(20)17(8-10)11-5-7-14(18)19-12(11)9-22-17/h5,7,10,13H,4,6,8-9H2,1-3H3/t10-,13+,17-/m0/s1. The molecular weight excluding hydrogens is 316 g/mol. The molecule has 23 heavy (non-hydrogen) atoms. The molecular formula is C17H21ClN2O3. The molecule has 1 amide bonds. The number of fused-ring (bicyclic) bond motifs is 5. The van der Waals surface area contributed by atoms with E-state index >= 15 is 0 Å². The number of ether oxygens (including phenoxy) is 2. The van der Waals surface area contributed by atoms with Crippen molar-refractivity contribution < 1.29 is 14.3 Å². The molecule has 0 aromatic carbocycles. The minimum Gasteiger partial charge on any atom is -0.444 e. The Balaban J connectivity index is 1.67. The van der Waals surface area contributed by atoms with Crippen molar-refractivity contribution >= 4 is 17.7 Å². The smallest absolute Gasteiger partial charge is 0.410 e. The number of halogens is 1. The number of carbonyl (C=O) groups excluding carboxylic acids is 1. The number of hydrogen-bond donors (Lipinski definition) is 0. The van der Waals surface area contributed by atoms with Crippen LogP contribution < -0.4 is 0 Å². The first-order valence-electron chi connectivity index (χ1n) is 8.11. The molecule has 0 radical (unpaired) electrons. The summed E-state index contributed by atoms with van der Waals surface area (Å²) >= 11 is 6.00. The molecule has 2 saturated heterocycles. The van der Waals surface area contributed by atoms with Gasteiger partial charge >= 0.3 is 6.09 Å². The zero-order valence-corrected chi connectivity index (χ0v) is 14.4. The molecule has 124 valence electrons. The van der Waals surface area contributed by atoms with E-state index in [0.29, 0.717) is 11.8 Å². The lowest BCUT2D eigenvalue weighted by molar-refractivity contribution is -0.0664. The maximum Gasteiger partial charge on any atom is 0.410 e. The minimum atomic E-state index is -0.490. The second-order valence-electron chi connectivity index (χ2n) is 7.65. The Morgan fingerprint density at radius 2 is 2.22 bits per heavy atom. The SMILES string of the molecule is CC(C)(C)OC(=O)N1[C@H]2CC[C@@H]1[C@@]1(C2)OCc2nc(Cl)ccc21. The van der Waals surface area contributed by atoms with Crippen LogP contribution in [0.4, 0.5) is 4.79 Å². The topological polar surface area (TPSA) is 51.7 Å². The molecule has 0 unspecified atom stereocenters. The number of pyridine rings is 1. The first-order valence-corrected chi connectivity index (χ1v) is 8.49. The highest BCUT2D eigenvalue weighted by molar-refractivity contribution is 6.29. The van der Waals surface area contributed by atoms with Crippen LogP contribution in [-0.2, 0) is 21.7 Å². The molecule has 0 N–H and O–H groups in total. The summed E-state index contributed by atoms with van der Waals surface area (Å²) in [5.74, 6) is 0. The Labute approximate surface area is 140 Å². The van der Waals surface area contributed by atoms with E-state index in [1.54, 1.807) is 6.07 Å². The lowest BCUT2D eigenvalue weighted by Crippen LogP contribution is -2.45. The van der Waals surface area contributed by atoms with Crippen LogP contribution in [0, 0.1) is 0 Å². The van der Waals surface area contributed by atoms with Crippen LogP contribution in [0.25, 0.3) is 0 Å². The monoisotopic (exact) mass is 336 g/mol. The van der Waals surface area contributed by atoms with Gasteiger partial charge in [-0.25, -0.2) is 9.78 Å². The van der Waals surface area contributed by atoms with Gasteiger partial charge in [-0.05, 0) is 39.7 Å². The van der Waals surface area contributed by atoms with E-state index in [2.05, 4.69) is 4.98 Å². The molecule has 3 atom stereocenters. The van der Waals surface area contributed by atoms with Gasteiger partial charge in [-0.2, -0.15) is 0 Å². The highest BCUT2D eigenvalue weighted by Gasteiger charge is 2.62. The first kappa shape index (κ1) is 15.2. The molecule has 3 aliphatic rings. The van der Waals surface area contributed by atoms with Crippen molar-refractivity contribution in [2.75, 3.05) is 0 Å². The molecule has 1 aromatic heterocycles. The molecule has 0 saturated carbocycles. The van der Waals surface area contributed by atoms with Crippen molar-refractivity contribution in [1.29, 1.82) is 0 Å². The van der Waals surface area contributed by atoms with Gasteiger partial charge in [0.05, 0.1) is 18.3 Å². The summed E-state index contributed by atoms with van der Waals surface area (Å²) in [6, 6.07) is 4.01. The van der Waals surface area contributed by atoms with Crippen LogP contribution >= 0.6 is 11.6 Å². The molecule has 0 aliphatic carbocycles. The molecule has 4 rings (SSSR count). The molecule has 1 spiro atoms. The van der Waals surface area contributed by atoms with Gasteiger partial charge in [-0.15, -0.1) is 0 Å². The van der Waals surface area contributed by atoms with Crippen molar-refractivity contribution in [3.05, 3.63) is 28.5 Å². The third-order valence-electron chi connectivity index (χ3n) is 5.05. The third kappa shape index (κ3) is 2.24. The summed E-state index contributed by atoms with van der Waals surface area (Å²) in [6.07, 6.45) is 2.52. The van der Waals surface area contributed by atoms with E-state index < -0.39 is 11.2 Å². The van der Waals surface area contributed by atoms with Crippen LogP contribution in [0.15, 0.2) is 12.1 Å². The highest BCUT2D eigenvalue weighted by atomic mass is 35.5. The lowest BCUT2D eigenvalue weighted by atomic mass is 9.80. The summed E-state index contributed by atoms with van der Waals surface area (Å²) < 4.78 is 11.8. The number of rotatable bonds is 0. The van der Waals surface area contributed by atoms with Gasteiger partial charge < -0.3 is 9.47 Å². The first-order chi connectivity index (χ1) is 10.8. The largest absolute Gasteiger partial charge is 0.444 e. The van der Waals surface area contributed by atoms with E-state index in [0.717, 1.165) is 30.5 Å². The maximum atomic E-state index is 12.6. The average Bonchev–Trinajstić information content (AvgIpc) is 3.09. The Morgan fingerprint density at radius 3 is 2.96 bits per heavy atom. The van der Waals surface area contributed by atoms with E-state index in [-0.39, 0.29) is 18.2 Å². The number of hydrogen-bond acceptors (Lipinski definition) is 4. The van der Waals surface area contributed by atoms with E-state index in [1.807, 2.05) is 31.7 Å². The third-order valence-corrected chi connectivity index (χ3v) is 5.26. The summed E-state index contributed by atoms with van der Waals surface area (Å²) in [4.78, 5) is 18.9. The van der Waals surface area contributed by atoms with Crippen LogP contribution in [0.2, 0.25) is 5.15 Å². The van der Waals surface area contributed by atoms with Crippen LogP contribution in [0.3, 0.4) is 0 Å². The zero-order valence-electron chi connectivity index (χ0n) is 13.6. The molecule has 3 aliphatic heterocycles. The summed E-state index contributed by atoms with van der Waals surface area (Å²) in [5, 5.41) is 0.483. The number of amides is 1. The predicted octanol–water partition coefficient (Wildman–Crippen LogP) is 3.63. The predicted molar refractivity (Wildman–Crippen MR) is 85.2 cm³/mol. The summed E-state index contributed by atoms with van der Waals surface area (Å²) in [6.45, 7) is 6.14. The second kappa shape index (κ2) is 4.84. The fraction of sp³-hybridized carbons (Fsp3) is 0.647. The maximum absolute atomic E-state index is 12.6. The number of aromatic nitrogens is 1. The van der Waals surface area contributed by atoms with E-state index in [9.17, 15) is 4.79 Å². The Bertz CT molecular complexity index is 672. The van der Waals surface area contributed by atoms with Crippen LogP contribution in [0.5, 0.6) is 0 Å². The average molecular weight is 337 g/mol. The Kier molecular flexibility index (Phi) is 3.20. The van der Waals surface area contributed by atoms with E-state index in [4.69, 9.17) is 21.1 Å². The van der Waals surface area contributed by atoms with Gasteiger partial charge in [-0.3, -0.25) is 4.90 Å². The normalized spacial score (nSPS) is 31.7. The Morgan fingerprint density at radius 1 is 1.43 bits per heavy atom. The van der Waals surface area contributed by atoms with Gasteiger partial charge in [0, 0.05) is 18.0 Å². The highest BCUT2D eigenvalue weighted by Crippen LogP contribution is 2.55. The zero-order chi connectivity index (χ0) is 16.4. The fourth-order valence-electron chi connectivity index (χ4n) is 4.31. The fourth-order valence-corrected chi connectivity index (χ4v) is 4.47. The lowest BCUT2D eigenvalue weighted by Gasteiger charge is -2.34. The number of carbonyl (C=O) groups is 1. The Hall–Kier alpha value is -1.33. The molecule has 2 fully saturated rings. The summed E-state index contributed by atoms with van der Waals surface area (Å²) in [7, 11) is 0. The molecule has 5 nitrogen and oxygen atoms in total. The molecule has 1 aromatic rings. The van der Waals surface area contributed by atoms with Gasteiger partial charge in [0.25, 0.3) is 0 Å². The van der Waals surface area contributed by atoms with Crippen LogP contribution in [-0.4, -0.2) is 33.7 Å². The summed E-state index contributed by atoms with van der Waals surface area (Å²) in [5.41, 5.74) is 1.06. The van der Waals surface area contributed by atoms with Crippen molar-refractivity contribution in [2.45, 2.75) is 69.9 Å². The van der Waals surface area contributed by atoms with E-state index in [1.165, 1.54) is 0 Å². The molecule has 4 heterocycles. The van der Waals surface area contributed by atoms with Crippen molar-refractivity contribution in [3.8, 4) is 0 Å². The van der Waals surface area contributed by atoms with Crippen molar-refractivity contribution in [3.63, 3.8) is 0 Å². The van der Waals surface area contributed by atoms with Gasteiger partial charge in [0.15, 0.2) is 0 Å². The quantitative estimate of drug-likeness (QED) is 0.679. The minimum absolute atomic E-state index is 0.0200. The molecule has 2 bridgehead atoms.